The molecular weight excluding hydrogens is 142 g/mol. The molecule has 1 amide bonds. The Morgan fingerprint density at radius 1 is 1.36 bits per heavy atom. The maximum absolute atomic E-state index is 11.1. The summed E-state index contributed by atoms with van der Waals surface area (Å²) < 4.78 is 0. The lowest BCUT2D eigenvalue weighted by molar-refractivity contribution is -0.118. The van der Waals surface area contributed by atoms with Gasteiger partial charge in [-0.2, -0.15) is 0 Å². The van der Waals surface area contributed by atoms with Crippen molar-refractivity contribution in [3.8, 4) is 0 Å². The highest BCUT2D eigenvalue weighted by Crippen LogP contribution is 2.30. The standard InChI is InChI=1S/C8H11NO2/c10-7-5-3-1-2-4-6(5)8(11)9-7/h7,10H,1-4H2,(H,9,11). The molecule has 3 heteroatoms. The van der Waals surface area contributed by atoms with Gasteiger partial charge in [-0.1, -0.05) is 0 Å². The molecule has 2 aliphatic rings. The highest BCUT2D eigenvalue weighted by Gasteiger charge is 2.30. The topological polar surface area (TPSA) is 49.3 Å². The number of carbonyl (C=O) groups excluding carboxylic acids is 1. The predicted octanol–water partition coefficient (Wildman–Crippen LogP) is 0.305. The summed E-state index contributed by atoms with van der Waals surface area (Å²) in [6, 6.07) is 0. The van der Waals surface area contributed by atoms with Crippen LogP contribution in [0.25, 0.3) is 0 Å². The number of aliphatic hydroxyl groups excluding tert-OH is 1. The summed E-state index contributed by atoms with van der Waals surface area (Å²) in [5, 5.41) is 11.8. The Labute approximate surface area is 65.1 Å². The van der Waals surface area contributed by atoms with Gasteiger partial charge < -0.3 is 10.4 Å². The molecule has 60 valence electrons. The van der Waals surface area contributed by atoms with Crippen LogP contribution in [0.1, 0.15) is 25.7 Å². The van der Waals surface area contributed by atoms with Gasteiger partial charge in [-0.25, -0.2) is 0 Å². The maximum atomic E-state index is 11.1. The van der Waals surface area contributed by atoms with Gasteiger partial charge >= 0.3 is 0 Å². The lowest BCUT2D eigenvalue weighted by Crippen LogP contribution is -2.27. The monoisotopic (exact) mass is 153 g/mol. The number of nitrogens with one attached hydrogen (secondary N) is 1. The van der Waals surface area contributed by atoms with E-state index in [1.807, 2.05) is 0 Å². The second-order valence-electron chi connectivity index (χ2n) is 3.09. The SMILES string of the molecule is O=C1NC(O)C2=C1CCCC2. The third-order valence-corrected chi connectivity index (χ3v) is 2.38. The normalized spacial score (nSPS) is 30.3. The van der Waals surface area contributed by atoms with Crippen molar-refractivity contribution in [1.29, 1.82) is 0 Å². The van der Waals surface area contributed by atoms with Gasteiger partial charge in [0.1, 0.15) is 6.23 Å². The third-order valence-electron chi connectivity index (χ3n) is 2.38. The van der Waals surface area contributed by atoms with E-state index in [2.05, 4.69) is 5.32 Å². The molecule has 1 atom stereocenters. The smallest absolute Gasteiger partial charge is 0.249 e. The molecule has 0 radical (unpaired) electrons. The van der Waals surface area contributed by atoms with E-state index in [1.54, 1.807) is 0 Å². The molecule has 2 rings (SSSR count). The summed E-state index contributed by atoms with van der Waals surface area (Å²) in [4.78, 5) is 11.1. The highest BCUT2D eigenvalue weighted by molar-refractivity contribution is 5.97. The molecule has 1 aliphatic heterocycles. The molecule has 0 bridgehead atoms. The molecule has 2 N–H and O–H groups in total. The Morgan fingerprint density at radius 3 is 2.82 bits per heavy atom. The van der Waals surface area contributed by atoms with Crippen molar-refractivity contribution in [2.75, 3.05) is 0 Å². The van der Waals surface area contributed by atoms with E-state index in [0.29, 0.717) is 0 Å². The molecule has 3 nitrogen and oxygen atoms in total. The average molecular weight is 153 g/mol. The lowest BCUT2D eigenvalue weighted by Gasteiger charge is -2.12. The van der Waals surface area contributed by atoms with Gasteiger partial charge in [0.25, 0.3) is 0 Å². The van der Waals surface area contributed by atoms with Crippen molar-refractivity contribution >= 4 is 5.91 Å². The molecule has 0 spiro atoms. The van der Waals surface area contributed by atoms with Gasteiger partial charge in [-0.3, -0.25) is 4.79 Å². The number of rotatable bonds is 0. The van der Waals surface area contributed by atoms with Gasteiger partial charge in [0.2, 0.25) is 5.91 Å². The Morgan fingerprint density at radius 2 is 2.09 bits per heavy atom. The summed E-state index contributed by atoms with van der Waals surface area (Å²) in [6.45, 7) is 0. The average Bonchev–Trinajstić information content (AvgIpc) is 2.30. The summed E-state index contributed by atoms with van der Waals surface area (Å²) in [7, 11) is 0. The molecule has 1 aliphatic carbocycles. The molecular formula is C8H11NO2. The number of aliphatic hydroxyl groups is 1. The molecule has 0 aromatic heterocycles. The van der Waals surface area contributed by atoms with Gasteiger partial charge in [0, 0.05) is 5.57 Å². The Bertz CT molecular complexity index is 232. The van der Waals surface area contributed by atoms with Crippen molar-refractivity contribution in [3.63, 3.8) is 0 Å². The molecule has 0 saturated carbocycles. The summed E-state index contributed by atoms with van der Waals surface area (Å²) >= 11 is 0. The van der Waals surface area contributed by atoms with E-state index < -0.39 is 6.23 Å². The van der Waals surface area contributed by atoms with Gasteiger partial charge in [-0.15, -0.1) is 0 Å². The van der Waals surface area contributed by atoms with Crippen LogP contribution in [0.3, 0.4) is 0 Å². The second-order valence-corrected chi connectivity index (χ2v) is 3.09. The van der Waals surface area contributed by atoms with Crippen molar-refractivity contribution in [2.24, 2.45) is 0 Å². The zero-order chi connectivity index (χ0) is 7.84. The van der Waals surface area contributed by atoms with Crippen molar-refractivity contribution < 1.29 is 9.90 Å². The summed E-state index contributed by atoms with van der Waals surface area (Å²) in [6.07, 6.45) is 3.23. The van der Waals surface area contributed by atoms with Crippen LogP contribution < -0.4 is 5.32 Å². The largest absolute Gasteiger partial charge is 0.370 e. The quantitative estimate of drug-likeness (QED) is 0.526. The van der Waals surface area contributed by atoms with Crippen LogP contribution in [0.5, 0.6) is 0 Å². The van der Waals surface area contributed by atoms with Gasteiger partial charge in [-0.05, 0) is 31.3 Å². The molecule has 11 heavy (non-hydrogen) atoms. The van der Waals surface area contributed by atoms with Crippen molar-refractivity contribution in [1.82, 2.24) is 5.32 Å². The number of hydrogen-bond donors (Lipinski definition) is 2. The molecule has 0 fully saturated rings. The van der Waals surface area contributed by atoms with Crippen molar-refractivity contribution in [3.05, 3.63) is 11.1 Å². The Balaban J connectivity index is 2.32. The predicted molar refractivity (Wildman–Crippen MR) is 39.6 cm³/mol. The number of hydrogen-bond acceptors (Lipinski definition) is 2. The minimum atomic E-state index is -0.683. The fourth-order valence-corrected chi connectivity index (χ4v) is 1.79. The van der Waals surface area contributed by atoms with Crippen LogP contribution in [-0.4, -0.2) is 17.2 Å². The third kappa shape index (κ3) is 0.959. The van der Waals surface area contributed by atoms with Gasteiger partial charge in [0.15, 0.2) is 0 Å². The molecule has 0 aromatic rings. The lowest BCUT2D eigenvalue weighted by atomic mass is 9.93. The number of amides is 1. The molecule has 1 unspecified atom stereocenters. The first-order chi connectivity index (χ1) is 5.29. The minimum absolute atomic E-state index is 0.0628. The van der Waals surface area contributed by atoms with Gasteiger partial charge in [0.05, 0.1) is 0 Å². The van der Waals surface area contributed by atoms with Crippen LogP contribution >= 0.6 is 0 Å². The van der Waals surface area contributed by atoms with E-state index in [1.165, 1.54) is 0 Å². The fourth-order valence-electron chi connectivity index (χ4n) is 1.79. The van der Waals surface area contributed by atoms with E-state index >= 15 is 0 Å². The van der Waals surface area contributed by atoms with Crippen LogP contribution in [0.4, 0.5) is 0 Å². The number of carbonyl (C=O) groups is 1. The van der Waals surface area contributed by atoms with E-state index in [4.69, 9.17) is 0 Å². The van der Waals surface area contributed by atoms with E-state index in [9.17, 15) is 9.90 Å². The highest BCUT2D eigenvalue weighted by atomic mass is 16.3. The summed E-state index contributed by atoms with van der Waals surface area (Å²) in [5.74, 6) is -0.0628. The van der Waals surface area contributed by atoms with E-state index in [0.717, 1.165) is 36.8 Å². The fraction of sp³-hybridized carbons (Fsp3) is 0.625. The molecule has 0 aromatic carbocycles. The van der Waals surface area contributed by atoms with Crippen LogP contribution in [0.15, 0.2) is 11.1 Å². The second kappa shape index (κ2) is 2.34. The van der Waals surface area contributed by atoms with Crippen molar-refractivity contribution in [2.45, 2.75) is 31.9 Å². The zero-order valence-electron chi connectivity index (χ0n) is 6.26. The first kappa shape index (κ1) is 6.85. The minimum Gasteiger partial charge on any atom is -0.370 e. The van der Waals surface area contributed by atoms with E-state index in [-0.39, 0.29) is 5.91 Å². The summed E-state index contributed by atoms with van der Waals surface area (Å²) in [5.41, 5.74) is 1.77. The first-order valence-corrected chi connectivity index (χ1v) is 4.00. The first-order valence-electron chi connectivity index (χ1n) is 4.00. The van der Waals surface area contributed by atoms with Crippen LogP contribution in [-0.2, 0) is 4.79 Å². The molecule has 0 saturated heterocycles. The Kier molecular flexibility index (Phi) is 1.46. The Hall–Kier alpha value is -0.830. The van der Waals surface area contributed by atoms with Crippen LogP contribution in [0, 0.1) is 0 Å². The maximum Gasteiger partial charge on any atom is 0.249 e. The molecule has 1 heterocycles. The van der Waals surface area contributed by atoms with Crippen LogP contribution in [0.2, 0.25) is 0 Å². The zero-order valence-corrected chi connectivity index (χ0v) is 6.26.